The highest BCUT2D eigenvalue weighted by atomic mass is 16.5. The van der Waals surface area contributed by atoms with Crippen molar-refractivity contribution in [1.29, 1.82) is 5.26 Å². The lowest BCUT2D eigenvalue weighted by atomic mass is 9.99. The van der Waals surface area contributed by atoms with E-state index < -0.39 is 0 Å². The molecule has 2 unspecified atom stereocenters. The zero-order valence-corrected chi connectivity index (χ0v) is 10.0. The Balaban J connectivity index is 2.30. The van der Waals surface area contributed by atoms with E-state index >= 15 is 0 Å². The zero-order chi connectivity index (χ0) is 11.7. The second-order valence-electron chi connectivity index (χ2n) is 4.73. The van der Waals surface area contributed by atoms with E-state index in [0.29, 0.717) is 11.8 Å². The molecule has 2 atom stereocenters. The molecule has 1 fully saturated rings. The monoisotopic (exact) mass is 215 g/mol. The van der Waals surface area contributed by atoms with Gasteiger partial charge >= 0.3 is 0 Å². The maximum absolute atomic E-state index is 8.85. The molecule has 0 N–H and O–H groups in total. The zero-order valence-electron chi connectivity index (χ0n) is 10.0. The van der Waals surface area contributed by atoms with Crippen LogP contribution in [0.2, 0.25) is 0 Å². The van der Waals surface area contributed by atoms with Crippen molar-refractivity contribution < 1.29 is 4.74 Å². The van der Waals surface area contributed by atoms with Gasteiger partial charge in [-0.25, -0.2) is 0 Å². The van der Waals surface area contributed by atoms with Crippen molar-refractivity contribution in [2.45, 2.75) is 32.1 Å². The van der Waals surface area contributed by atoms with Crippen molar-refractivity contribution in [3.05, 3.63) is 29.3 Å². The van der Waals surface area contributed by atoms with Crippen molar-refractivity contribution >= 4 is 0 Å². The van der Waals surface area contributed by atoms with Gasteiger partial charge in [-0.1, -0.05) is 26.0 Å². The number of nitriles is 1. The van der Waals surface area contributed by atoms with E-state index in [0.717, 1.165) is 12.2 Å². The molecule has 0 amide bonds. The van der Waals surface area contributed by atoms with Crippen molar-refractivity contribution in [2.24, 2.45) is 5.92 Å². The summed E-state index contributed by atoms with van der Waals surface area (Å²) < 4.78 is 5.42. The van der Waals surface area contributed by atoms with Gasteiger partial charge in [0, 0.05) is 5.92 Å². The number of benzene rings is 1. The molecule has 0 aliphatic heterocycles. The van der Waals surface area contributed by atoms with Crippen LogP contribution in [0.5, 0.6) is 5.75 Å². The number of hydrogen-bond donors (Lipinski definition) is 0. The van der Waals surface area contributed by atoms with Gasteiger partial charge in [0.25, 0.3) is 0 Å². The molecule has 1 aromatic rings. The quantitative estimate of drug-likeness (QED) is 0.773. The Morgan fingerprint density at radius 3 is 2.69 bits per heavy atom. The fraction of sp³-hybridized carbons (Fsp3) is 0.500. The van der Waals surface area contributed by atoms with E-state index in [-0.39, 0.29) is 5.92 Å². The van der Waals surface area contributed by atoms with Gasteiger partial charge in [0.1, 0.15) is 5.75 Å². The van der Waals surface area contributed by atoms with Gasteiger partial charge < -0.3 is 4.74 Å². The van der Waals surface area contributed by atoms with Gasteiger partial charge in [0.15, 0.2) is 0 Å². The summed E-state index contributed by atoms with van der Waals surface area (Å²) in [4.78, 5) is 0. The summed E-state index contributed by atoms with van der Waals surface area (Å²) >= 11 is 0. The molecule has 2 heteroatoms. The SMILES string of the molecule is COc1cc(C(C)C)ccc1C1CC1C#N. The molecule has 2 rings (SSSR count). The van der Waals surface area contributed by atoms with Crippen LogP contribution in [0.4, 0.5) is 0 Å². The fourth-order valence-electron chi connectivity index (χ4n) is 2.07. The molecule has 0 saturated heterocycles. The molecule has 16 heavy (non-hydrogen) atoms. The van der Waals surface area contributed by atoms with Crippen molar-refractivity contribution in [3.8, 4) is 11.8 Å². The average molecular weight is 215 g/mol. The predicted octanol–water partition coefficient (Wildman–Crippen LogP) is 3.45. The van der Waals surface area contributed by atoms with Gasteiger partial charge in [0.2, 0.25) is 0 Å². The smallest absolute Gasteiger partial charge is 0.122 e. The standard InChI is InChI=1S/C14H17NO/c1-9(2)10-4-5-12(14(7-10)16-3)13-6-11(13)8-15/h4-5,7,9,11,13H,6H2,1-3H3. The fourth-order valence-corrected chi connectivity index (χ4v) is 2.07. The molecule has 1 aromatic carbocycles. The molecule has 0 radical (unpaired) electrons. The highest BCUT2D eigenvalue weighted by Gasteiger charge is 2.40. The highest BCUT2D eigenvalue weighted by molar-refractivity contribution is 5.44. The Morgan fingerprint density at radius 2 is 2.19 bits per heavy atom. The number of methoxy groups -OCH3 is 1. The third-order valence-electron chi connectivity index (χ3n) is 3.28. The second-order valence-corrected chi connectivity index (χ2v) is 4.73. The summed E-state index contributed by atoms with van der Waals surface area (Å²) in [6.07, 6.45) is 0.980. The van der Waals surface area contributed by atoms with Crippen LogP contribution in [0.3, 0.4) is 0 Å². The summed E-state index contributed by atoms with van der Waals surface area (Å²) in [5, 5.41) is 8.85. The van der Waals surface area contributed by atoms with Crippen LogP contribution in [0.15, 0.2) is 18.2 Å². The lowest BCUT2D eigenvalue weighted by Gasteiger charge is -2.12. The summed E-state index contributed by atoms with van der Waals surface area (Å²) in [5.41, 5.74) is 2.48. The first kappa shape index (κ1) is 11.0. The van der Waals surface area contributed by atoms with E-state index in [2.05, 4.69) is 38.1 Å². The van der Waals surface area contributed by atoms with Gasteiger partial charge in [-0.05, 0) is 29.5 Å². The van der Waals surface area contributed by atoms with Gasteiger partial charge in [-0.2, -0.15) is 5.26 Å². The van der Waals surface area contributed by atoms with E-state index in [1.807, 2.05) is 0 Å². The minimum atomic E-state index is 0.193. The average Bonchev–Trinajstić information content (AvgIpc) is 3.07. The normalized spacial score (nSPS) is 22.9. The minimum absolute atomic E-state index is 0.193. The van der Waals surface area contributed by atoms with Crippen LogP contribution in [0.1, 0.15) is 43.2 Å². The van der Waals surface area contributed by atoms with Gasteiger partial charge in [-0.15, -0.1) is 0 Å². The molecule has 2 nitrogen and oxygen atoms in total. The van der Waals surface area contributed by atoms with Crippen molar-refractivity contribution in [1.82, 2.24) is 0 Å². The molecule has 1 saturated carbocycles. The van der Waals surface area contributed by atoms with Crippen LogP contribution >= 0.6 is 0 Å². The second kappa shape index (κ2) is 4.17. The Kier molecular flexibility index (Phi) is 2.87. The number of hydrogen-bond acceptors (Lipinski definition) is 2. The van der Waals surface area contributed by atoms with Crippen LogP contribution < -0.4 is 4.74 Å². The van der Waals surface area contributed by atoms with E-state index in [1.54, 1.807) is 7.11 Å². The van der Waals surface area contributed by atoms with Gasteiger partial charge in [0.05, 0.1) is 19.1 Å². The van der Waals surface area contributed by atoms with Crippen molar-refractivity contribution in [2.75, 3.05) is 7.11 Å². The molecule has 0 heterocycles. The third-order valence-corrected chi connectivity index (χ3v) is 3.28. The maximum Gasteiger partial charge on any atom is 0.122 e. The summed E-state index contributed by atoms with van der Waals surface area (Å²) in [5.74, 6) is 2.03. The van der Waals surface area contributed by atoms with Crippen molar-refractivity contribution in [3.63, 3.8) is 0 Å². The lowest BCUT2D eigenvalue weighted by molar-refractivity contribution is 0.408. The van der Waals surface area contributed by atoms with E-state index in [9.17, 15) is 0 Å². The lowest BCUT2D eigenvalue weighted by Crippen LogP contribution is -1.95. The molecule has 0 bridgehead atoms. The molecule has 1 aliphatic carbocycles. The first-order valence-electron chi connectivity index (χ1n) is 5.74. The first-order valence-corrected chi connectivity index (χ1v) is 5.74. The number of nitrogens with zero attached hydrogens (tertiary/aromatic N) is 1. The first-order chi connectivity index (χ1) is 7.67. The largest absolute Gasteiger partial charge is 0.496 e. The van der Waals surface area contributed by atoms with Crippen LogP contribution in [-0.4, -0.2) is 7.11 Å². The predicted molar refractivity (Wildman–Crippen MR) is 63.5 cm³/mol. The molecular formula is C14H17NO. The van der Waals surface area contributed by atoms with Crippen LogP contribution in [0, 0.1) is 17.2 Å². The van der Waals surface area contributed by atoms with Gasteiger partial charge in [-0.3, -0.25) is 0 Å². The number of ether oxygens (including phenoxy) is 1. The van der Waals surface area contributed by atoms with E-state index in [1.165, 1.54) is 11.1 Å². The Bertz CT molecular complexity index is 431. The topological polar surface area (TPSA) is 33.0 Å². The summed E-state index contributed by atoms with van der Waals surface area (Å²) in [6.45, 7) is 4.34. The molecule has 0 spiro atoms. The Hall–Kier alpha value is -1.49. The molecule has 0 aromatic heterocycles. The molecule has 84 valence electrons. The number of rotatable bonds is 3. The molecule has 1 aliphatic rings. The highest BCUT2D eigenvalue weighted by Crippen LogP contribution is 2.50. The summed E-state index contributed by atoms with van der Waals surface area (Å²) in [6, 6.07) is 8.69. The van der Waals surface area contributed by atoms with E-state index in [4.69, 9.17) is 10.00 Å². The maximum atomic E-state index is 8.85. The van der Waals surface area contributed by atoms with Crippen LogP contribution in [0.25, 0.3) is 0 Å². The van der Waals surface area contributed by atoms with Crippen LogP contribution in [-0.2, 0) is 0 Å². The minimum Gasteiger partial charge on any atom is -0.496 e. The Morgan fingerprint density at radius 1 is 1.44 bits per heavy atom. The summed E-state index contributed by atoms with van der Waals surface area (Å²) in [7, 11) is 1.70. The third kappa shape index (κ3) is 1.90. The Labute approximate surface area is 96.9 Å². The molecular weight excluding hydrogens is 198 g/mol.